The van der Waals surface area contributed by atoms with Crippen molar-refractivity contribution in [2.45, 2.75) is 32.4 Å². The summed E-state index contributed by atoms with van der Waals surface area (Å²) in [6.45, 7) is 3.59. The number of aryl methyl sites for hydroxylation is 1. The highest BCUT2D eigenvalue weighted by atomic mass is 79.9. The Kier molecular flexibility index (Phi) is 5.61. The summed E-state index contributed by atoms with van der Waals surface area (Å²) < 4.78 is 8.96. The van der Waals surface area contributed by atoms with Crippen LogP contribution in [0, 0.1) is 0 Å². The topological polar surface area (TPSA) is 53.1 Å². The van der Waals surface area contributed by atoms with Crippen molar-refractivity contribution in [3.8, 4) is 5.75 Å². The number of hydrogen-bond donors (Lipinski definition) is 1. The fourth-order valence-corrected chi connectivity index (χ4v) is 2.58. The molecule has 1 unspecified atom stereocenters. The second-order valence-electron chi connectivity index (χ2n) is 4.91. The van der Waals surface area contributed by atoms with E-state index in [1.165, 1.54) is 0 Å². The van der Waals surface area contributed by atoms with Gasteiger partial charge in [0.1, 0.15) is 5.75 Å². The summed E-state index contributed by atoms with van der Waals surface area (Å²) in [6, 6.07) is 6.20. The molecule has 0 saturated carbocycles. The molecule has 1 aromatic carbocycles. The Morgan fingerprint density at radius 3 is 3.00 bits per heavy atom. The minimum Gasteiger partial charge on any atom is -0.492 e. The molecule has 5 heteroatoms. The maximum Gasteiger partial charge on any atom is 0.136 e. The maximum absolute atomic E-state index is 5.93. The number of para-hydroxylation sites is 1. The van der Waals surface area contributed by atoms with Crippen molar-refractivity contribution in [3.05, 3.63) is 47.0 Å². The van der Waals surface area contributed by atoms with Gasteiger partial charge >= 0.3 is 0 Å². The molecule has 2 rings (SSSR count). The predicted molar refractivity (Wildman–Crippen MR) is 83.8 cm³/mol. The van der Waals surface area contributed by atoms with Crippen LogP contribution in [0.2, 0.25) is 0 Å². The third-order valence-corrected chi connectivity index (χ3v) is 3.58. The number of ether oxygens (including phenoxy) is 1. The van der Waals surface area contributed by atoms with E-state index in [1.807, 2.05) is 36.1 Å². The summed E-state index contributed by atoms with van der Waals surface area (Å²) in [5.41, 5.74) is 7.03. The van der Waals surface area contributed by atoms with Crippen LogP contribution in [-0.2, 0) is 13.0 Å². The Hall–Kier alpha value is -1.33. The second kappa shape index (κ2) is 7.45. The zero-order valence-electron chi connectivity index (χ0n) is 11.6. The molecule has 0 aliphatic rings. The smallest absolute Gasteiger partial charge is 0.136 e. The van der Waals surface area contributed by atoms with Crippen LogP contribution in [0.3, 0.4) is 0 Å². The van der Waals surface area contributed by atoms with Gasteiger partial charge in [-0.05, 0) is 47.3 Å². The van der Waals surface area contributed by atoms with Gasteiger partial charge in [-0.2, -0.15) is 0 Å². The van der Waals surface area contributed by atoms with Crippen LogP contribution < -0.4 is 10.5 Å². The van der Waals surface area contributed by atoms with E-state index in [-0.39, 0.29) is 6.04 Å². The zero-order valence-corrected chi connectivity index (χ0v) is 13.2. The number of benzene rings is 1. The van der Waals surface area contributed by atoms with Crippen molar-refractivity contribution in [2.75, 3.05) is 6.61 Å². The van der Waals surface area contributed by atoms with E-state index in [2.05, 4.69) is 27.0 Å². The third-order valence-electron chi connectivity index (χ3n) is 2.96. The Labute approximate surface area is 128 Å². The van der Waals surface area contributed by atoms with Crippen LogP contribution in [0.5, 0.6) is 5.75 Å². The molecule has 0 radical (unpaired) electrons. The molecule has 20 heavy (non-hydrogen) atoms. The maximum atomic E-state index is 5.93. The molecule has 1 heterocycles. The average Bonchev–Trinajstić information content (AvgIpc) is 2.89. The summed E-state index contributed by atoms with van der Waals surface area (Å²) in [6.07, 6.45) is 7.32. The SMILES string of the molecule is CC(N)Cc1cccc(Br)c1OCCCn1ccnc1. The normalized spacial score (nSPS) is 12.3. The van der Waals surface area contributed by atoms with Gasteiger partial charge in [0.15, 0.2) is 0 Å². The van der Waals surface area contributed by atoms with Crippen LogP contribution in [-0.4, -0.2) is 22.2 Å². The highest BCUT2D eigenvalue weighted by Gasteiger charge is 2.09. The number of nitrogens with zero attached hydrogens (tertiary/aromatic N) is 2. The summed E-state index contributed by atoms with van der Waals surface area (Å²) in [5, 5.41) is 0. The molecule has 2 aromatic rings. The number of halogens is 1. The first-order valence-corrected chi connectivity index (χ1v) is 7.57. The van der Waals surface area contributed by atoms with Crippen molar-refractivity contribution in [1.29, 1.82) is 0 Å². The van der Waals surface area contributed by atoms with E-state index in [1.54, 1.807) is 6.20 Å². The molecule has 2 N–H and O–H groups in total. The lowest BCUT2D eigenvalue weighted by Gasteiger charge is -2.15. The van der Waals surface area contributed by atoms with Crippen LogP contribution >= 0.6 is 15.9 Å². The number of rotatable bonds is 7. The Bertz CT molecular complexity index is 526. The van der Waals surface area contributed by atoms with Gasteiger partial charge in [-0.25, -0.2) is 4.98 Å². The summed E-state index contributed by atoms with van der Waals surface area (Å²) in [7, 11) is 0. The van der Waals surface area contributed by atoms with Gasteiger partial charge in [0.2, 0.25) is 0 Å². The minimum atomic E-state index is 0.123. The molecule has 0 aliphatic carbocycles. The molecule has 4 nitrogen and oxygen atoms in total. The van der Waals surface area contributed by atoms with E-state index in [0.29, 0.717) is 6.61 Å². The molecule has 1 atom stereocenters. The fraction of sp³-hybridized carbons (Fsp3) is 0.400. The molecule has 0 aliphatic heterocycles. The number of nitrogens with two attached hydrogens (primary N) is 1. The van der Waals surface area contributed by atoms with Gasteiger partial charge < -0.3 is 15.0 Å². The van der Waals surface area contributed by atoms with Crippen LogP contribution in [0.15, 0.2) is 41.4 Å². The van der Waals surface area contributed by atoms with Gasteiger partial charge in [-0.3, -0.25) is 0 Å². The molecule has 0 saturated heterocycles. The molecule has 0 fully saturated rings. The molecular formula is C15H20BrN3O. The van der Waals surface area contributed by atoms with E-state index >= 15 is 0 Å². The first-order chi connectivity index (χ1) is 9.66. The summed E-state index contributed by atoms with van der Waals surface area (Å²) in [5.74, 6) is 0.912. The first-order valence-electron chi connectivity index (χ1n) is 6.78. The molecule has 1 aromatic heterocycles. The van der Waals surface area contributed by atoms with Gasteiger partial charge in [0.05, 0.1) is 17.4 Å². The lowest BCUT2D eigenvalue weighted by molar-refractivity contribution is 0.296. The van der Waals surface area contributed by atoms with Crippen molar-refractivity contribution in [2.24, 2.45) is 5.73 Å². The number of hydrogen-bond acceptors (Lipinski definition) is 3. The second-order valence-corrected chi connectivity index (χ2v) is 5.77. The van der Waals surface area contributed by atoms with E-state index in [4.69, 9.17) is 10.5 Å². The third kappa shape index (κ3) is 4.35. The quantitative estimate of drug-likeness (QED) is 0.790. The molecule has 0 spiro atoms. The predicted octanol–water partition coefficient (Wildman–Crippen LogP) is 3.00. The highest BCUT2D eigenvalue weighted by molar-refractivity contribution is 9.10. The van der Waals surface area contributed by atoms with Crippen molar-refractivity contribution in [1.82, 2.24) is 9.55 Å². The van der Waals surface area contributed by atoms with Crippen molar-refractivity contribution in [3.63, 3.8) is 0 Å². The van der Waals surface area contributed by atoms with Gasteiger partial charge in [0.25, 0.3) is 0 Å². The van der Waals surface area contributed by atoms with Crippen LogP contribution in [0.1, 0.15) is 18.9 Å². The van der Waals surface area contributed by atoms with Crippen molar-refractivity contribution >= 4 is 15.9 Å². The highest BCUT2D eigenvalue weighted by Crippen LogP contribution is 2.30. The van der Waals surface area contributed by atoms with Crippen LogP contribution in [0.25, 0.3) is 0 Å². The average molecular weight is 338 g/mol. The first kappa shape index (κ1) is 15.1. The number of imidazole rings is 1. The van der Waals surface area contributed by atoms with Gasteiger partial charge in [0, 0.05) is 25.0 Å². The standard InChI is InChI=1S/C15H20BrN3O/c1-12(17)10-13-4-2-5-14(16)15(13)20-9-3-7-19-8-6-18-11-19/h2,4-6,8,11-12H,3,7,9-10,17H2,1H3. The van der Waals surface area contributed by atoms with Crippen LogP contribution in [0.4, 0.5) is 0 Å². The number of aromatic nitrogens is 2. The van der Waals surface area contributed by atoms with Gasteiger partial charge in [-0.1, -0.05) is 12.1 Å². The molecule has 0 bridgehead atoms. The lowest BCUT2D eigenvalue weighted by Crippen LogP contribution is -2.18. The minimum absolute atomic E-state index is 0.123. The largest absolute Gasteiger partial charge is 0.492 e. The Balaban J connectivity index is 1.91. The molecular weight excluding hydrogens is 318 g/mol. The molecule has 108 valence electrons. The summed E-state index contributed by atoms with van der Waals surface area (Å²) >= 11 is 3.55. The Morgan fingerprint density at radius 2 is 2.30 bits per heavy atom. The Morgan fingerprint density at radius 1 is 1.45 bits per heavy atom. The summed E-state index contributed by atoms with van der Waals surface area (Å²) in [4.78, 5) is 4.02. The van der Waals surface area contributed by atoms with E-state index in [0.717, 1.165) is 35.2 Å². The van der Waals surface area contributed by atoms with Gasteiger partial charge in [-0.15, -0.1) is 0 Å². The molecule has 0 amide bonds. The monoisotopic (exact) mass is 337 g/mol. The lowest BCUT2D eigenvalue weighted by atomic mass is 10.1. The van der Waals surface area contributed by atoms with Crippen molar-refractivity contribution < 1.29 is 4.74 Å². The van der Waals surface area contributed by atoms with E-state index < -0.39 is 0 Å². The fourth-order valence-electron chi connectivity index (χ4n) is 2.06. The van der Waals surface area contributed by atoms with E-state index in [9.17, 15) is 0 Å². The zero-order chi connectivity index (χ0) is 14.4.